The molecular formula is C18H26N4O2. The number of ether oxygens (including phenoxy) is 1. The smallest absolute Gasteiger partial charge is 0.230 e. The number of aromatic nitrogens is 2. The Kier molecular flexibility index (Phi) is 4.50. The largest absolute Gasteiger partial charge is 0.381 e. The molecule has 6 nitrogen and oxygen atoms in total. The third-order valence-electron chi connectivity index (χ3n) is 5.82. The topological polar surface area (TPSA) is 58.6 Å². The van der Waals surface area contributed by atoms with Crippen molar-refractivity contribution < 1.29 is 9.53 Å². The van der Waals surface area contributed by atoms with Gasteiger partial charge in [0, 0.05) is 44.7 Å². The Labute approximate surface area is 143 Å². The molecule has 6 heteroatoms. The van der Waals surface area contributed by atoms with E-state index in [1.54, 1.807) is 12.4 Å². The molecular weight excluding hydrogens is 304 g/mol. The van der Waals surface area contributed by atoms with Crippen molar-refractivity contribution in [2.24, 2.45) is 5.41 Å². The first-order chi connectivity index (χ1) is 11.8. The molecule has 0 bridgehead atoms. The van der Waals surface area contributed by atoms with Gasteiger partial charge in [-0.15, -0.1) is 0 Å². The van der Waals surface area contributed by atoms with Gasteiger partial charge in [0.1, 0.15) is 5.82 Å². The van der Waals surface area contributed by atoms with Crippen molar-refractivity contribution in [1.82, 2.24) is 19.8 Å². The standard InChI is InChI=1S/C18H26N4O2/c23-17-18(5-1-9-22(17)15-3-11-24-12-4-15)6-10-21(14-18)13-16-19-7-2-8-20-16/h2,7-8,15H,1,3-6,9-14H2/t18-/m0/s1. The number of likely N-dealkylation sites (tertiary alicyclic amines) is 2. The van der Waals surface area contributed by atoms with Crippen molar-refractivity contribution in [3.8, 4) is 0 Å². The van der Waals surface area contributed by atoms with Crippen LogP contribution in [0.1, 0.15) is 37.9 Å². The summed E-state index contributed by atoms with van der Waals surface area (Å²) >= 11 is 0. The number of nitrogens with zero attached hydrogens (tertiary/aromatic N) is 4. The van der Waals surface area contributed by atoms with E-state index >= 15 is 0 Å². The third-order valence-corrected chi connectivity index (χ3v) is 5.82. The van der Waals surface area contributed by atoms with Gasteiger partial charge >= 0.3 is 0 Å². The van der Waals surface area contributed by atoms with E-state index in [1.165, 1.54) is 0 Å². The summed E-state index contributed by atoms with van der Waals surface area (Å²) in [4.78, 5) is 26.4. The average molecular weight is 330 g/mol. The second-order valence-electron chi connectivity index (χ2n) is 7.35. The Morgan fingerprint density at radius 1 is 1.17 bits per heavy atom. The van der Waals surface area contributed by atoms with Gasteiger partial charge in [-0.3, -0.25) is 9.69 Å². The predicted octanol–water partition coefficient (Wildman–Crippen LogP) is 1.47. The first-order valence-electron chi connectivity index (χ1n) is 9.14. The number of carbonyl (C=O) groups excluding carboxylic acids is 1. The SMILES string of the molecule is O=C1N(C2CCOCC2)CCC[C@@]12CCN(Cc1ncccn1)C2. The van der Waals surface area contributed by atoms with Gasteiger partial charge in [0.2, 0.25) is 5.91 Å². The predicted molar refractivity (Wildman–Crippen MR) is 89.1 cm³/mol. The lowest BCUT2D eigenvalue weighted by Gasteiger charge is -2.44. The van der Waals surface area contributed by atoms with Gasteiger partial charge in [0.25, 0.3) is 0 Å². The summed E-state index contributed by atoms with van der Waals surface area (Å²) in [5, 5.41) is 0. The first kappa shape index (κ1) is 16.0. The molecule has 4 heterocycles. The fourth-order valence-electron chi connectivity index (χ4n) is 4.53. The molecule has 0 N–H and O–H groups in total. The summed E-state index contributed by atoms with van der Waals surface area (Å²) < 4.78 is 5.47. The van der Waals surface area contributed by atoms with Crippen LogP contribution in [0.2, 0.25) is 0 Å². The molecule has 3 aliphatic rings. The maximum absolute atomic E-state index is 13.3. The summed E-state index contributed by atoms with van der Waals surface area (Å²) in [7, 11) is 0. The lowest BCUT2D eigenvalue weighted by molar-refractivity contribution is -0.150. The molecule has 1 aromatic heterocycles. The highest BCUT2D eigenvalue weighted by Gasteiger charge is 2.49. The minimum Gasteiger partial charge on any atom is -0.381 e. The van der Waals surface area contributed by atoms with Crippen LogP contribution in [0.15, 0.2) is 18.5 Å². The molecule has 0 saturated carbocycles. The van der Waals surface area contributed by atoms with Gasteiger partial charge in [-0.2, -0.15) is 0 Å². The third kappa shape index (κ3) is 3.05. The molecule has 1 aromatic rings. The second-order valence-corrected chi connectivity index (χ2v) is 7.35. The van der Waals surface area contributed by atoms with E-state index in [1.807, 2.05) is 6.07 Å². The highest BCUT2D eigenvalue weighted by atomic mass is 16.5. The number of amides is 1. The van der Waals surface area contributed by atoms with Gasteiger partial charge in [-0.1, -0.05) is 0 Å². The molecule has 3 saturated heterocycles. The molecule has 24 heavy (non-hydrogen) atoms. The van der Waals surface area contributed by atoms with E-state index in [9.17, 15) is 4.79 Å². The number of carbonyl (C=O) groups is 1. The molecule has 3 fully saturated rings. The minimum atomic E-state index is -0.175. The van der Waals surface area contributed by atoms with E-state index in [4.69, 9.17) is 4.74 Å². The summed E-state index contributed by atoms with van der Waals surface area (Å²) in [6, 6.07) is 2.22. The fraction of sp³-hybridized carbons (Fsp3) is 0.722. The van der Waals surface area contributed by atoms with Crippen molar-refractivity contribution in [2.45, 2.75) is 44.7 Å². The van der Waals surface area contributed by atoms with Gasteiger partial charge in [-0.25, -0.2) is 9.97 Å². The number of hydrogen-bond donors (Lipinski definition) is 0. The maximum Gasteiger partial charge on any atom is 0.230 e. The lowest BCUT2D eigenvalue weighted by atomic mass is 9.77. The number of hydrogen-bond acceptors (Lipinski definition) is 5. The zero-order valence-corrected chi connectivity index (χ0v) is 14.2. The monoisotopic (exact) mass is 330 g/mol. The van der Waals surface area contributed by atoms with Gasteiger partial charge in [0.15, 0.2) is 0 Å². The van der Waals surface area contributed by atoms with Crippen LogP contribution in [0.5, 0.6) is 0 Å². The van der Waals surface area contributed by atoms with Crippen LogP contribution in [-0.4, -0.2) is 64.6 Å². The molecule has 1 atom stereocenters. The normalized spacial score (nSPS) is 29.5. The summed E-state index contributed by atoms with van der Waals surface area (Å²) in [5.74, 6) is 1.23. The van der Waals surface area contributed by atoms with Crippen LogP contribution in [0.4, 0.5) is 0 Å². The van der Waals surface area contributed by atoms with E-state index in [0.29, 0.717) is 11.9 Å². The highest BCUT2D eigenvalue weighted by Crippen LogP contribution is 2.41. The van der Waals surface area contributed by atoms with Crippen molar-refractivity contribution in [2.75, 3.05) is 32.8 Å². The quantitative estimate of drug-likeness (QED) is 0.840. The summed E-state index contributed by atoms with van der Waals surface area (Å²) in [6.07, 6.45) is 8.67. The Morgan fingerprint density at radius 3 is 2.75 bits per heavy atom. The van der Waals surface area contributed by atoms with E-state index in [-0.39, 0.29) is 5.41 Å². The van der Waals surface area contributed by atoms with Crippen LogP contribution in [-0.2, 0) is 16.1 Å². The Hall–Kier alpha value is -1.53. The molecule has 0 radical (unpaired) electrons. The first-order valence-corrected chi connectivity index (χ1v) is 9.14. The molecule has 0 unspecified atom stereocenters. The molecule has 3 aliphatic heterocycles. The van der Waals surface area contributed by atoms with Crippen LogP contribution in [0, 0.1) is 5.41 Å². The maximum atomic E-state index is 13.3. The molecule has 4 rings (SSSR count). The number of rotatable bonds is 3. The van der Waals surface area contributed by atoms with Crippen molar-refractivity contribution in [3.05, 3.63) is 24.3 Å². The average Bonchev–Trinajstić information content (AvgIpc) is 3.03. The molecule has 130 valence electrons. The lowest BCUT2D eigenvalue weighted by Crippen LogP contribution is -2.54. The molecule has 1 spiro atoms. The van der Waals surface area contributed by atoms with Gasteiger partial charge in [-0.05, 0) is 44.7 Å². The summed E-state index contributed by atoms with van der Waals surface area (Å²) in [6.45, 7) is 5.06. The van der Waals surface area contributed by atoms with Crippen molar-refractivity contribution in [3.63, 3.8) is 0 Å². The van der Waals surface area contributed by atoms with Crippen LogP contribution in [0.25, 0.3) is 0 Å². The van der Waals surface area contributed by atoms with Crippen molar-refractivity contribution >= 4 is 5.91 Å². The molecule has 1 amide bonds. The Morgan fingerprint density at radius 2 is 1.96 bits per heavy atom. The highest BCUT2D eigenvalue weighted by molar-refractivity contribution is 5.84. The van der Waals surface area contributed by atoms with Crippen LogP contribution in [0.3, 0.4) is 0 Å². The van der Waals surface area contributed by atoms with Crippen LogP contribution < -0.4 is 0 Å². The molecule has 0 aliphatic carbocycles. The van der Waals surface area contributed by atoms with E-state index in [0.717, 1.165) is 77.3 Å². The Balaban J connectivity index is 1.43. The summed E-state index contributed by atoms with van der Waals surface area (Å²) in [5.41, 5.74) is -0.175. The van der Waals surface area contributed by atoms with Gasteiger partial charge < -0.3 is 9.64 Å². The zero-order valence-electron chi connectivity index (χ0n) is 14.2. The fourth-order valence-corrected chi connectivity index (χ4v) is 4.53. The number of piperidine rings is 1. The zero-order chi connectivity index (χ0) is 16.4. The van der Waals surface area contributed by atoms with Crippen molar-refractivity contribution in [1.29, 1.82) is 0 Å². The van der Waals surface area contributed by atoms with Gasteiger partial charge in [0.05, 0.1) is 12.0 Å². The van der Waals surface area contributed by atoms with Crippen LogP contribution >= 0.6 is 0 Å². The Bertz CT molecular complexity index is 576. The minimum absolute atomic E-state index is 0.175. The molecule has 0 aromatic carbocycles. The van der Waals surface area contributed by atoms with E-state index < -0.39 is 0 Å². The second kappa shape index (κ2) is 6.76. The van der Waals surface area contributed by atoms with E-state index in [2.05, 4.69) is 19.8 Å².